The highest BCUT2D eigenvalue weighted by Gasteiger charge is 2.26. The van der Waals surface area contributed by atoms with Crippen molar-refractivity contribution < 1.29 is 19.1 Å². The fourth-order valence-corrected chi connectivity index (χ4v) is 2.55. The third-order valence-electron chi connectivity index (χ3n) is 3.75. The molecule has 0 fully saturated rings. The Hall–Kier alpha value is -3.35. The maximum absolute atomic E-state index is 12.3. The minimum atomic E-state index is -0.362. The van der Waals surface area contributed by atoms with Gasteiger partial charge in [-0.05, 0) is 30.3 Å². The topological polar surface area (TPSA) is 87.7 Å². The van der Waals surface area contributed by atoms with Gasteiger partial charge in [-0.1, -0.05) is 18.2 Å². The number of carbonyl (C=O) groups is 3. The second-order valence-corrected chi connectivity index (χ2v) is 5.44. The molecule has 7 heteroatoms. The number of anilines is 2. The first-order valence-electron chi connectivity index (χ1n) is 7.72. The lowest BCUT2D eigenvalue weighted by Gasteiger charge is -2.28. The number of hydrogen-bond acceptors (Lipinski definition) is 4. The van der Waals surface area contributed by atoms with Crippen LogP contribution >= 0.6 is 0 Å². The quantitative estimate of drug-likeness (QED) is 0.882. The molecule has 0 aliphatic carbocycles. The minimum Gasteiger partial charge on any atom is -0.482 e. The molecule has 0 spiro atoms. The molecule has 128 valence electrons. The van der Waals surface area contributed by atoms with Gasteiger partial charge in [-0.25, -0.2) is 0 Å². The van der Waals surface area contributed by atoms with E-state index in [0.717, 1.165) is 0 Å². The number of amides is 3. The van der Waals surface area contributed by atoms with Gasteiger partial charge in [-0.3, -0.25) is 19.3 Å². The highest BCUT2D eigenvalue weighted by molar-refractivity contribution is 6.05. The predicted molar refractivity (Wildman–Crippen MR) is 92.8 cm³/mol. The number of rotatable bonds is 4. The number of benzene rings is 2. The Morgan fingerprint density at radius 3 is 2.76 bits per heavy atom. The molecule has 1 aliphatic heterocycles. The molecule has 0 radical (unpaired) electrons. The van der Waals surface area contributed by atoms with Crippen LogP contribution in [-0.4, -0.2) is 37.9 Å². The van der Waals surface area contributed by atoms with E-state index in [4.69, 9.17) is 4.74 Å². The minimum absolute atomic E-state index is 0.101. The molecule has 0 saturated heterocycles. The fraction of sp³-hybridized carbons (Fsp3) is 0.167. The van der Waals surface area contributed by atoms with Crippen LogP contribution < -0.4 is 20.3 Å². The molecule has 0 aromatic heterocycles. The molecule has 0 atom stereocenters. The zero-order chi connectivity index (χ0) is 17.8. The molecule has 0 bridgehead atoms. The van der Waals surface area contributed by atoms with Crippen LogP contribution in [-0.2, 0) is 9.59 Å². The van der Waals surface area contributed by atoms with E-state index in [1.807, 2.05) is 0 Å². The highest BCUT2D eigenvalue weighted by Crippen LogP contribution is 2.31. The average Bonchev–Trinajstić information content (AvgIpc) is 2.63. The van der Waals surface area contributed by atoms with Crippen LogP contribution in [0, 0.1) is 0 Å². The molecule has 25 heavy (non-hydrogen) atoms. The van der Waals surface area contributed by atoms with E-state index in [0.29, 0.717) is 22.7 Å². The largest absolute Gasteiger partial charge is 0.482 e. The van der Waals surface area contributed by atoms with Crippen LogP contribution in [0.3, 0.4) is 0 Å². The lowest BCUT2D eigenvalue weighted by atomic mass is 10.2. The Balaban J connectivity index is 1.73. The second kappa shape index (κ2) is 7.04. The van der Waals surface area contributed by atoms with E-state index in [1.54, 1.807) is 48.5 Å². The average molecular weight is 339 g/mol. The molecule has 2 aromatic rings. The summed E-state index contributed by atoms with van der Waals surface area (Å²) in [5.74, 6) is -0.322. The summed E-state index contributed by atoms with van der Waals surface area (Å²) in [6, 6.07) is 13.6. The number of nitrogens with zero attached hydrogens (tertiary/aromatic N) is 1. The first kappa shape index (κ1) is 16.5. The van der Waals surface area contributed by atoms with Crippen LogP contribution in [0.2, 0.25) is 0 Å². The van der Waals surface area contributed by atoms with Gasteiger partial charge in [0.2, 0.25) is 5.91 Å². The van der Waals surface area contributed by atoms with E-state index in [9.17, 15) is 14.4 Å². The SMILES string of the molecule is CNC(=O)c1cccc(NC(=O)CN2C(=O)COc3ccccc32)c1. The predicted octanol–water partition coefficient (Wildman–Crippen LogP) is 1.41. The van der Waals surface area contributed by atoms with Crippen LogP contribution in [0.5, 0.6) is 5.75 Å². The van der Waals surface area contributed by atoms with Crippen LogP contribution in [0.25, 0.3) is 0 Å². The maximum atomic E-state index is 12.3. The van der Waals surface area contributed by atoms with Crippen molar-refractivity contribution in [3.05, 3.63) is 54.1 Å². The Bertz CT molecular complexity index is 835. The van der Waals surface area contributed by atoms with E-state index in [1.165, 1.54) is 11.9 Å². The summed E-state index contributed by atoms with van der Waals surface area (Å²) in [7, 11) is 1.54. The molecule has 1 heterocycles. The van der Waals surface area contributed by atoms with Gasteiger partial charge in [-0.15, -0.1) is 0 Å². The van der Waals surface area contributed by atoms with Gasteiger partial charge >= 0.3 is 0 Å². The molecule has 2 aromatic carbocycles. The fourth-order valence-electron chi connectivity index (χ4n) is 2.55. The molecule has 2 N–H and O–H groups in total. The van der Waals surface area contributed by atoms with Crippen molar-refractivity contribution in [2.45, 2.75) is 0 Å². The monoisotopic (exact) mass is 339 g/mol. The number of carbonyl (C=O) groups excluding carboxylic acids is 3. The second-order valence-electron chi connectivity index (χ2n) is 5.44. The number of hydrogen-bond donors (Lipinski definition) is 2. The van der Waals surface area contributed by atoms with E-state index >= 15 is 0 Å². The lowest BCUT2D eigenvalue weighted by molar-refractivity contribution is -0.123. The van der Waals surface area contributed by atoms with E-state index in [-0.39, 0.29) is 30.9 Å². The number of ether oxygens (including phenoxy) is 1. The summed E-state index contributed by atoms with van der Waals surface area (Å²) in [6.07, 6.45) is 0. The van der Waals surface area contributed by atoms with Crippen molar-refractivity contribution in [1.82, 2.24) is 5.32 Å². The van der Waals surface area contributed by atoms with Gasteiger partial charge < -0.3 is 15.4 Å². The standard InChI is InChI=1S/C18H17N3O4/c1-19-18(24)12-5-4-6-13(9-12)20-16(22)10-21-14-7-2-3-8-15(14)25-11-17(21)23/h2-9H,10-11H2,1H3,(H,19,24)(H,20,22). The summed E-state index contributed by atoms with van der Waals surface area (Å²) < 4.78 is 5.35. The Morgan fingerprint density at radius 2 is 1.96 bits per heavy atom. The van der Waals surface area contributed by atoms with Crippen LogP contribution in [0.1, 0.15) is 10.4 Å². The Kier molecular flexibility index (Phi) is 4.65. The molecule has 3 rings (SSSR count). The lowest BCUT2D eigenvalue weighted by Crippen LogP contribution is -2.43. The van der Waals surface area contributed by atoms with Gasteiger partial charge in [0.1, 0.15) is 12.3 Å². The maximum Gasteiger partial charge on any atom is 0.265 e. The molecule has 0 unspecified atom stereocenters. The van der Waals surface area contributed by atoms with Crippen LogP contribution in [0.15, 0.2) is 48.5 Å². The molecular weight excluding hydrogens is 322 g/mol. The Morgan fingerprint density at radius 1 is 1.16 bits per heavy atom. The van der Waals surface area contributed by atoms with Crippen molar-refractivity contribution in [1.29, 1.82) is 0 Å². The molecular formula is C18H17N3O4. The summed E-state index contributed by atoms with van der Waals surface area (Å²) in [5.41, 5.74) is 1.49. The van der Waals surface area contributed by atoms with Gasteiger partial charge in [0.25, 0.3) is 11.8 Å². The molecule has 3 amide bonds. The number of para-hydroxylation sites is 2. The van der Waals surface area contributed by atoms with E-state index in [2.05, 4.69) is 10.6 Å². The first-order valence-corrected chi connectivity index (χ1v) is 7.72. The molecule has 1 aliphatic rings. The summed E-state index contributed by atoms with van der Waals surface area (Å²) in [5, 5.41) is 5.23. The van der Waals surface area contributed by atoms with Gasteiger partial charge in [0, 0.05) is 18.3 Å². The Labute approximate surface area is 144 Å². The van der Waals surface area contributed by atoms with Crippen molar-refractivity contribution in [3.8, 4) is 5.75 Å². The van der Waals surface area contributed by atoms with E-state index < -0.39 is 0 Å². The highest BCUT2D eigenvalue weighted by atomic mass is 16.5. The smallest absolute Gasteiger partial charge is 0.265 e. The summed E-state index contributed by atoms with van der Waals surface area (Å²) in [4.78, 5) is 37.5. The normalized spacial score (nSPS) is 12.8. The van der Waals surface area contributed by atoms with Crippen molar-refractivity contribution in [2.75, 3.05) is 30.4 Å². The third kappa shape index (κ3) is 3.60. The zero-order valence-corrected chi connectivity index (χ0v) is 13.6. The zero-order valence-electron chi connectivity index (χ0n) is 13.6. The van der Waals surface area contributed by atoms with Crippen molar-refractivity contribution in [3.63, 3.8) is 0 Å². The summed E-state index contributed by atoms with van der Waals surface area (Å²) >= 11 is 0. The number of nitrogens with one attached hydrogen (secondary N) is 2. The van der Waals surface area contributed by atoms with Gasteiger partial charge in [0.15, 0.2) is 6.61 Å². The molecule has 7 nitrogen and oxygen atoms in total. The van der Waals surface area contributed by atoms with Crippen LogP contribution in [0.4, 0.5) is 11.4 Å². The first-order chi connectivity index (χ1) is 12.1. The third-order valence-corrected chi connectivity index (χ3v) is 3.75. The molecule has 0 saturated carbocycles. The van der Waals surface area contributed by atoms with Gasteiger partial charge in [0.05, 0.1) is 5.69 Å². The van der Waals surface area contributed by atoms with Crippen molar-refractivity contribution in [2.24, 2.45) is 0 Å². The van der Waals surface area contributed by atoms with Crippen molar-refractivity contribution >= 4 is 29.1 Å². The number of fused-ring (bicyclic) bond motifs is 1. The summed E-state index contributed by atoms with van der Waals surface area (Å²) in [6.45, 7) is -0.236. The van der Waals surface area contributed by atoms with Gasteiger partial charge in [-0.2, -0.15) is 0 Å².